The number of hydrogen-bond donors (Lipinski definition) is 0. The molecule has 2 nitrogen and oxygen atoms in total. The lowest BCUT2D eigenvalue weighted by Crippen LogP contribution is -2.12. The number of carbonyl (C=O) groups excluding carboxylic acids is 1. The van der Waals surface area contributed by atoms with Gasteiger partial charge in [-0.15, -0.1) is 0 Å². The minimum Gasteiger partial charge on any atom is -0.493 e. The molecule has 0 amide bonds. The summed E-state index contributed by atoms with van der Waals surface area (Å²) in [6.45, 7) is 5.10. The predicted octanol–water partition coefficient (Wildman–Crippen LogP) is 5.25. The van der Waals surface area contributed by atoms with Gasteiger partial charge in [0, 0.05) is 0 Å². The summed E-state index contributed by atoms with van der Waals surface area (Å²) in [5.41, 5.74) is 0.665. The number of carbonyl (C=O) groups is 1. The molecule has 21 heavy (non-hydrogen) atoms. The van der Waals surface area contributed by atoms with Crippen LogP contribution in [0, 0.1) is 5.92 Å². The summed E-state index contributed by atoms with van der Waals surface area (Å²) in [5, 5.41) is 2.04. The largest absolute Gasteiger partial charge is 0.493 e. The van der Waals surface area contributed by atoms with Gasteiger partial charge < -0.3 is 4.74 Å². The lowest BCUT2D eigenvalue weighted by atomic mass is 10.0. The molecule has 2 aromatic carbocycles. The first-order chi connectivity index (χ1) is 10.3. The summed E-state index contributed by atoms with van der Waals surface area (Å²) in [4.78, 5) is 11.4. The summed E-state index contributed by atoms with van der Waals surface area (Å²) in [7, 11) is 0. The first-order valence-corrected chi connectivity index (χ1v) is 7.89. The summed E-state index contributed by atoms with van der Waals surface area (Å²) >= 11 is 0. The molecule has 0 heterocycles. The number of hydrogen-bond acceptors (Lipinski definition) is 2. The van der Waals surface area contributed by atoms with Gasteiger partial charge in [0.05, 0.1) is 12.2 Å². The van der Waals surface area contributed by atoms with Gasteiger partial charge in [0.1, 0.15) is 5.75 Å². The van der Waals surface area contributed by atoms with Crippen molar-refractivity contribution in [1.82, 2.24) is 0 Å². The highest BCUT2D eigenvalue weighted by molar-refractivity contribution is 6.00. The van der Waals surface area contributed by atoms with Crippen LogP contribution in [-0.2, 0) is 0 Å². The fraction of sp³-hybridized carbons (Fsp3) is 0.421. The Labute approximate surface area is 127 Å². The van der Waals surface area contributed by atoms with Gasteiger partial charge in [-0.05, 0) is 29.2 Å². The number of aldehydes is 1. The molecular weight excluding hydrogens is 260 g/mol. The molecular formula is C19H24O2. The summed E-state index contributed by atoms with van der Waals surface area (Å²) in [5.74, 6) is 1.27. The number of benzene rings is 2. The van der Waals surface area contributed by atoms with Gasteiger partial charge in [0.15, 0.2) is 6.29 Å². The normalized spacial score (nSPS) is 12.3. The number of ether oxygens (including phenoxy) is 1. The zero-order valence-corrected chi connectivity index (χ0v) is 13.0. The van der Waals surface area contributed by atoms with Crippen molar-refractivity contribution in [2.45, 2.75) is 39.5 Å². The van der Waals surface area contributed by atoms with E-state index in [0.717, 1.165) is 23.5 Å². The van der Waals surface area contributed by atoms with Crippen LogP contribution in [0.1, 0.15) is 49.9 Å². The first kappa shape index (κ1) is 15.6. The molecule has 0 spiro atoms. The fourth-order valence-electron chi connectivity index (χ4n) is 2.63. The Morgan fingerprint density at radius 2 is 1.95 bits per heavy atom. The Hall–Kier alpha value is -1.83. The third-order valence-corrected chi connectivity index (χ3v) is 4.07. The quantitative estimate of drug-likeness (QED) is 0.619. The summed E-state index contributed by atoms with van der Waals surface area (Å²) < 4.78 is 5.95. The van der Waals surface area contributed by atoms with Crippen LogP contribution in [0.15, 0.2) is 36.4 Å². The highest BCUT2D eigenvalue weighted by Crippen LogP contribution is 2.27. The fourth-order valence-corrected chi connectivity index (χ4v) is 2.63. The van der Waals surface area contributed by atoms with Crippen LogP contribution in [0.4, 0.5) is 0 Å². The molecule has 0 N–H and O–H groups in total. The Bertz CT molecular complexity index is 589. The van der Waals surface area contributed by atoms with Crippen LogP contribution in [-0.4, -0.2) is 12.9 Å². The highest BCUT2D eigenvalue weighted by Gasteiger charge is 2.11. The molecule has 112 valence electrons. The van der Waals surface area contributed by atoms with Crippen LogP contribution in [0.3, 0.4) is 0 Å². The highest BCUT2D eigenvalue weighted by atomic mass is 16.5. The molecule has 1 unspecified atom stereocenters. The molecule has 0 saturated carbocycles. The van der Waals surface area contributed by atoms with Crippen molar-refractivity contribution in [3.63, 3.8) is 0 Å². The molecule has 0 aromatic heterocycles. The number of unbranched alkanes of at least 4 members (excludes halogenated alkanes) is 1. The van der Waals surface area contributed by atoms with Gasteiger partial charge in [-0.1, -0.05) is 63.4 Å². The van der Waals surface area contributed by atoms with Gasteiger partial charge >= 0.3 is 0 Å². The van der Waals surface area contributed by atoms with Crippen molar-refractivity contribution in [1.29, 1.82) is 0 Å². The molecule has 0 radical (unpaired) electrons. The Morgan fingerprint density at radius 3 is 2.67 bits per heavy atom. The molecule has 2 aromatic rings. The maximum absolute atomic E-state index is 11.4. The SMILES string of the molecule is CCCCC(CC)COc1ccc2ccccc2c1C=O. The van der Waals surface area contributed by atoms with Gasteiger partial charge in [-0.2, -0.15) is 0 Å². The van der Waals surface area contributed by atoms with Crippen molar-refractivity contribution in [2.24, 2.45) is 5.92 Å². The van der Waals surface area contributed by atoms with Crippen molar-refractivity contribution >= 4 is 17.1 Å². The van der Waals surface area contributed by atoms with E-state index in [2.05, 4.69) is 13.8 Å². The monoisotopic (exact) mass is 284 g/mol. The molecule has 0 aliphatic rings. The standard InChI is InChI=1S/C19H24O2/c1-3-5-8-15(4-2)14-21-19-12-11-16-9-6-7-10-17(16)18(19)13-20/h6-7,9-13,15H,3-5,8,14H2,1-2H3. The summed E-state index contributed by atoms with van der Waals surface area (Å²) in [6, 6.07) is 11.9. The third kappa shape index (κ3) is 3.84. The lowest BCUT2D eigenvalue weighted by Gasteiger charge is -2.17. The van der Waals surface area contributed by atoms with E-state index in [-0.39, 0.29) is 0 Å². The summed E-state index contributed by atoms with van der Waals surface area (Å²) in [6.07, 6.45) is 5.66. The van der Waals surface area contributed by atoms with Crippen molar-refractivity contribution in [2.75, 3.05) is 6.61 Å². The maximum Gasteiger partial charge on any atom is 0.154 e. The Morgan fingerprint density at radius 1 is 1.14 bits per heavy atom. The maximum atomic E-state index is 11.4. The van der Waals surface area contributed by atoms with Crippen LogP contribution in [0.25, 0.3) is 10.8 Å². The smallest absolute Gasteiger partial charge is 0.154 e. The van der Waals surface area contributed by atoms with Crippen LogP contribution in [0.5, 0.6) is 5.75 Å². The second-order valence-corrected chi connectivity index (χ2v) is 5.54. The molecule has 2 heteroatoms. The first-order valence-electron chi connectivity index (χ1n) is 7.89. The van der Waals surface area contributed by atoms with E-state index in [0.29, 0.717) is 23.8 Å². The average Bonchev–Trinajstić information content (AvgIpc) is 2.54. The minimum atomic E-state index is 0.566. The van der Waals surface area contributed by atoms with E-state index in [4.69, 9.17) is 4.74 Å². The van der Waals surface area contributed by atoms with E-state index in [1.54, 1.807) is 0 Å². The van der Waals surface area contributed by atoms with E-state index in [1.165, 1.54) is 19.3 Å². The topological polar surface area (TPSA) is 26.3 Å². The molecule has 0 saturated heterocycles. The number of rotatable bonds is 8. The zero-order chi connectivity index (χ0) is 15.1. The van der Waals surface area contributed by atoms with Crippen molar-refractivity contribution < 1.29 is 9.53 Å². The van der Waals surface area contributed by atoms with E-state index < -0.39 is 0 Å². The van der Waals surface area contributed by atoms with Gasteiger partial charge in [-0.3, -0.25) is 4.79 Å². The lowest BCUT2D eigenvalue weighted by molar-refractivity contribution is 0.111. The van der Waals surface area contributed by atoms with Gasteiger partial charge in [0.25, 0.3) is 0 Å². The van der Waals surface area contributed by atoms with Crippen molar-refractivity contribution in [3.05, 3.63) is 42.0 Å². The van der Waals surface area contributed by atoms with Crippen LogP contribution in [0.2, 0.25) is 0 Å². The van der Waals surface area contributed by atoms with Crippen LogP contribution < -0.4 is 4.74 Å². The van der Waals surface area contributed by atoms with Gasteiger partial charge in [0.2, 0.25) is 0 Å². The molecule has 1 atom stereocenters. The molecule has 0 aliphatic carbocycles. The average molecular weight is 284 g/mol. The third-order valence-electron chi connectivity index (χ3n) is 4.07. The second kappa shape index (κ2) is 7.82. The van der Waals surface area contributed by atoms with Crippen molar-refractivity contribution in [3.8, 4) is 5.75 Å². The van der Waals surface area contributed by atoms with Crippen LogP contribution >= 0.6 is 0 Å². The molecule has 0 bridgehead atoms. The Balaban J connectivity index is 2.16. The number of fused-ring (bicyclic) bond motifs is 1. The minimum absolute atomic E-state index is 0.566. The Kier molecular flexibility index (Phi) is 5.79. The van der Waals surface area contributed by atoms with E-state index in [9.17, 15) is 4.79 Å². The second-order valence-electron chi connectivity index (χ2n) is 5.54. The molecule has 0 fully saturated rings. The van der Waals surface area contributed by atoms with Gasteiger partial charge in [-0.25, -0.2) is 0 Å². The van der Waals surface area contributed by atoms with E-state index >= 15 is 0 Å². The molecule has 0 aliphatic heterocycles. The molecule has 2 rings (SSSR count). The predicted molar refractivity (Wildman–Crippen MR) is 88.1 cm³/mol. The van der Waals surface area contributed by atoms with E-state index in [1.807, 2.05) is 36.4 Å². The zero-order valence-electron chi connectivity index (χ0n) is 13.0.